The number of carbonyl (C=O) groups excluding carboxylic acids is 1. The third kappa shape index (κ3) is 4.42. The quantitative estimate of drug-likeness (QED) is 0.577. The van der Waals surface area contributed by atoms with Crippen LogP contribution >= 0.6 is 11.3 Å². The second kappa shape index (κ2) is 8.10. The van der Waals surface area contributed by atoms with Gasteiger partial charge in [-0.15, -0.1) is 11.3 Å². The number of benzene rings is 2. The molecule has 0 spiro atoms. The monoisotopic (exact) mass is 428 g/mol. The van der Waals surface area contributed by atoms with Gasteiger partial charge in [0.1, 0.15) is 0 Å². The molecule has 0 unspecified atom stereocenters. The number of hydrogen-bond donors (Lipinski definition) is 1. The van der Waals surface area contributed by atoms with E-state index in [4.69, 9.17) is 5.14 Å². The number of nitrogens with zero attached hydrogens (tertiary/aromatic N) is 1. The van der Waals surface area contributed by atoms with E-state index in [1.165, 1.54) is 23.5 Å². The molecule has 0 radical (unpaired) electrons. The van der Waals surface area contributed by atoms with Crippen LogP contribution in [0.5, 0.6) is 0 Å². The van der Waals surface area contributed by atoms with Gasteiger partial charge in [-0.25, -0.2) is 13.6 Å². The first kappa shape index (κ1) is 21.2. The molecule has 0 aliphatic heterocycles. The van der Waals surface area contributed by atoms with Crippen molar-refractivity contribution in [3.8, 4) is 21.6 Å². The van der Waals surface area contributed by atoms with E-state index in [9.17, 15) is 13.2 Å². The summed E-state index contributed by atoms with van der Waals surface area (Å²) < 4.78 is 23.1. The number of hydrogen-bond acceptors (Lipinski definition) is 5. The standard InChI is InChI=1S/C22H24N2O3S2/c1-5-20(25)21-12-14(2)22(28-21)16-8-11-19(24(3)4)18(13-16)15-6-9-17(10-7-15)29(23,26)27/h6-13H,5H2,1-4H3,(H2,23,26,27). The van der Waals surface area contributed by atoms with Gasteiger partial charge < -0.3 is 4.90 Å². The van der Waals surface area contributed by atoms with Gasteiger partial charge in [-0.1, -0.05) is 25.1 Å². The van der Waals surface area contributed by atoms with E-state index >= 15 is 0 Å². The number of rotatable bonds is 6. The molecule has 0 aliphatic carbocycles. The molecular formula is C22H24N2O3S2. The van der Waals surface area contributed by atoms with Crippen molar-refractivity contribution in [2.75, 3.05) is 19.0 Å². The van der Waals surface area contributed by atoms with E-state index in [1.807, 2.05) is 45.0 Å². The number of carbonyl (C=O) groups is 1. The maximum absolute atomic E-state index is 12.1. The summed E-state index contributed by atoms with van der Waals surface area (Å²) in [5.74, 6) is 0.146. The lowest BCUT2D eigenvalue weighted by Gasteiger charge is -2.19. The summed E-state index contributed by atoms with van der Waals surface area (Å²) in [4.78, 5) is 16.0. The molecule has 0 saturated carbocycles. The van der Waals surface area contributed by atoms with Gasteiger partial charge in [-0.3, -0.25) is 4.79 Å². The summed E-state index contributed by atoms with van der Waals surface area (Å²) in [5.41, 5.74) is 4.97. The molecule has 2 N–H and O–H groups in total. The highest BCUT2D eigenvalue weighted by Crippen LogP contribution is 2.38. The van der Waals surface area contributed by atoms with Crippen LogP contribution in [0.4, 0.5) is 5.69 Å². The fourth-order valence-electron chi connectivity index (χ4n) is 3.20. The van der Waals surface area contributed by atoms with Crippen LogP contribution in [-0.2, 0) is 10.0 Å². The molecule has 0 fully saturated rings. The predicted molar refractivity (Wildman–Crippen MR) is 120 cm³/mol. The average Bonchev–Trinajstić information content (AvgIpc) is 3.08. The summed E-state index contributed by atoms with van der Waals surface area (Å²) in [6.45, 7) is 3.88. The molecule has 152 valence electrons. The lowest BCUT2D eigenvalue weighted by molar-refractivity contribution is 0.0992. The van der Waals surface area contributed by atoms with Gasteiger partial charge in [0.15, 0.2) is 5.78 Å². The minimum Gasteiger partial charge on any atom is -0.377 e. The number of ketones is 1. The molecular weight excluding hydrogens is 404 g/mol. The zero-order valence-electron chi connectivity index (χ0n) is 16.9. The molecule has 1 aromatic heterocycles. The summed E-state index contributed by atoms with van der Waals surface area (Å²) in [6, 6.07) is 14.7. The van der Waals surface area contributed by atoms with Crippen LogP contribution in [0.2, 0.25) is 0 Å². The molecule has 1 heterocycles. The number of primary sulfonamides is 1. The molecule has 0 saturated heterocycles. The number of nitrogens with two attached hydrogens (primary N) is 1. The average molecular weight is 429 g/mol. The molecule has 29 heavy (non-hydrogen) atoms. The molecule has 5 nitrogen and oxygen atoms in total. The summed E-state index contributed by atoms with van der Waals surface area (Å²) in [7, 11) is 0.194. The van der Waals surface area contributed by atoms with E-state index in [1.54, 1.807) is 12.1 Å². The van der Waals surface area contributed by atoms with Crippen LogP contribution in [0.1, 0.15) is 28.6 Å². The number of thiophene rings is 1. The smallest absolute Gasteiger partial charge is 0.238 e. The zero-order valence-corrected chi connectivity index (χ0v) is 18.5. The van der Waals surface area contributed by atoms with Crippen molar-refractivity contribution in [1.82, 2.24) is 0 Å². The van der Waals surface area contributed by atoms with Gasteiger partial charge in [0.2, 0.25) is 10.0 Å². The minimum atomic E-state index is -3.73. The van der Waals surface area contributed by atoms with Crippen molar-refractivity contribution in [3.63, 3.8) is 0 Å². The number of sulfonamides is 1. The highest BCUT2D eigenvalue weighted by molar-refractivity contribution is 7.89. The van der Waals surface area contributed by atoms with Crippen LogP contribution < -0.4 is 10.0 Å². The van der Waals surface area contributed by atoms with Crippen LogP contribution in [0.3, 0.4) is 0 Å². The second-order valence-electron chi connectivity index (χ2n) is 7.10. The van der Waals surface area contributed by atoms with Crippen LogP contribution in [0.15, 0.2) is 53.4 Å². The van der Waals surface area contributed by atoms with Crippen molar-refractivity contribution in [2.24, 2.45) is 5.14 Å². The Morgan fingerprint density at radius 3 is 2.21 bits per heavy atom. The van der Waals surface area contributed by atoms with Crippen LogP contribution in [-0.4, -0.2) is 28.3 Å². The van der Waals surface area contributed by atoms with Crippen LogP contribution in [0, 0.1) is 6.92 Å². The van der Waals surface area contributed by atoms with Crippen molar-refractivity contribution in [3.05, 3.63) is 59.0 Å². The molecule has 0 aliphatic rings. The summed E-state index contributed by atoms with van der Waals surface area (Å²) in [5, 5.41) is 5.22. The third-order valence-electron chi connectivity index (χ3n) is 4.75. The first-order valence-corrected chi connectivity index (χ1v) is 11.6. The lowest BCUT2D eigenvalue weighted by atomic mass is 9.99. The molecule has 7 heteroatoms. The van der Waals surface area contributed by atoms with Crippen molar-refractivity contribution < 1.29 is 13.2 Å². The molecule has 3 aromatic rings. The Morgan fingerprint density at radius 2 is 1.66 bits per heavy atom. The highest BCUT2D eigenvalue weighted by atomic mass is 32.2. The Kier molecular flexibility index (Phi) is 5.93. The Morgan fingerprint density at radius 1 is 1.03 bits per heavy atom. The van der Waals surface area contributed by atoms with Gasteiger partial charge >= 0.3 is 0 Å². The number of anilines is 1. The van der Waals surface area contributed by atoms with Crippen molar-refractivity contribution in [1.29, 1.82) is 0 Å². The highest BCUT2D eigenvalue weighted by Gasteiger charge is 2.16. The molecule has 0 atom stereocenters. The van der Waals surface area contributed by atoms with Crippen LogP contribution in [0.25, 0.3) is 21.6 Å². The maximum Gasteiger partial charge on any atom is 0.238 e. The van der Waals surface area contributed by atoms with Gasteiger partial charge in [0.25, 0.3) is 0 Å². The Bertz CT molecular complexity index is 1160. The summed E-state index contributed by atoms with van der Waals surface area (Å²) >= 11 is 1.51. The number of Topliss-reactive ketones (excluding diaryl/α,β-unsaturated/α-hetero) is 1. The molecule has 0 bridgehead atoms. The molecule has 3 rings (SSSR count). The van der Waals surface area contributed by atoms with E-state index < -0.39 is 10.0 Å². The fourth-order valence-corrected chi connectivity index (χ4v) is 4.90. The largest absolute Gasteiger partial charge is 0.377 e. The van der Waals surface area contributed by atoms with Gasteiger partial charge in [0.05, 0.1) is 9.77 Å². The van der Waals surface area contributed by atoms with Crippen molar-refractivity contribution >= 4 is 32.8 Å². The van der Waals surface area contributed by atoms with E-state index in [0.717, 1.165) is 37.7 Å². The molecule has 0 amide bonds. The zero-order chi connectivity index (χ0) is 21.3. The van der Waals surface area contributed by atoms with Gasteiger partial charge in [-0.05, 0) is 53.9 Å². The van der Waals surface area contributed by atoms with E-state index in [0.29, 0.717) is 6.42 Å². The SMILES string of the molecule is CCC(=O)c1cc(C)c(-c2ccc(N(C)C)c(-c3ccc(S(N)(=O)=O)cc3)c2)s1. The first-order valence-electron chi connectivity index (χ1n) is 9.20. The third-order valence-corrected chi connectivity index (χ3v) is 7.00. The Balaban J connectivity index is 2.13. The van der Waals surface area contributed by atoms with E-state index in [2.05, 4.69) is 12.1 Å². The van der Waals surface area contributed by atoms with Gasteiger partial charge in [-0.2, -0.15) is 0 Å². The normalized spacial score (nSPS) is 11.5. The summed E-state index contributed by atoms with van der Waals surface area (Å²) in [6.07, 6.45) is 0.487. The first-order chi connectivity index (χ1) is 13.6. The van der Waals surface area contributed by atoms with Crippen molar-refractivity contribution in [2.45, 2.75) is 25.2 Å². The predicted octanol–water partition coefficient (Wildman–Crippen LogP) is 4.70. The lowest BCUT2D eigenvalue weighted by Crippen LogP contribution is -2.12. The Labute approximate surface area is 175 Å². The molecule has 2 aromatic carbocycles. The number of aryl methyl sites for hydroxylation is 1. The Hall–Kier alpha value is -2.48. The van der Waals surface area contributed by atoms with E-state index in [-0.39, 0.29) is 10.7 Å². The van der Waals surface area contributed by atoms with Gasteiger partial charge in [0, 0.05) is 36.6 Å². The minimum absolute atomic E-state index is 0.0839. The maximum atomic E-state index is 12.1. The second-order valence-corrected chi connectivity index (χ2v) is 9.71. The topological polar surface area (TPSA) is 80.5 Å². The fraction of sp³-hybridized carbons (Fsp3) is 0.227.